The number of rotatable bonds is 9. The smallest absolute Gasteiger partial charge is 0.422 e. The van der Waals surface area contributed by atoms with Crippen LogP contribution >= 0.6 is 23.2 Å². The number of carbonyl (C=O) groups excluding carboxylic acids is 1. The molecular formula is C28H19Cl2F4N5O3. The summed E-state index contributed by atoms with van der Waals surface area (Å²) in [7, 11) is 0. The highest BCUT2D eigenvalue weighted by atomic mass is 35.5. The van der Waals surface area contributed by atoms with E-state index in [9.17, 15) is 22.4 Å². The van der Waals surface area contributed by atoms with Crippen LogP contribution < -0.4 is 10.1 Å². The Kier molecular flexibility index (Phi) is 8.46. The maximum absolute atomic E-state index is 14.5. The molecule has 0 spiro atoms. The minimum absolute atomic E-state index is 0.0414. The normalized spacial score (nSPS) is 12.2. The standard InChI is InChI=1S/C28H19Cl2F4N5O3/c29-18-5-7-20(22(30)11-18)24(13-39-10-9-35-15-39)36-25(40)16-1-3-17(4-2-16)26-37-38-27(42-26)21-8-6-19(12-23(21)31)41-14-28(32,33)34/h1-12,15,24H,13-14H2,(H,36,40)/t24-/m0/s1. The van der Waals surface area contributed by atoms with Gasteiger partial charge in [0.1, 0.15) is 11.6 Å². The van der Waals surface area contributed by atoms with Gasteiger partial charge in [0, 0.05) is 46.2 Å². The number of imidazole rings is 1. The third-order valence-corrected chi connectivity index (χ3v) is 6.55. The molecular weight excluding hydrogens is 601 g/mol. The molecule has 1 amide bonds. The molecule has 8 nitrogen and oxygen atoms in total. The van der Waals surface area contributed by atoms with Crippen LogP contribution in [0.1, 0.15) is 22.0 Å². The van der Waals surface area contributed by atoms with E-state index >= 15 is 0 Å². The molecule has 0 saturated heterocycles. The SMILES string of the molecule is O=C(N[C@@H](Cn1ccnc1)c1ccc(Cl)cc1Cl)c1ccc(-c2nnc(-c3ccc(OCC(F)(F)F)cc3F)o2)cc1. The molecule has 2 heterocycles. The Hall–Kier alpha value is -4.42. The summed E-state index contributed by atoms with van der Waals surface area (Å²) in [6.45, 7) is -1.19. The largest absolute Gasteiger partial charge is 0.484 e. The Balaban J connectivity index is 1.30. The second-order valence-corrected chi connectivity index (χ2v) is 9.83. The van der Waals surface area contributed by atoms with Crippen molar-refractivity contribution in [1.29, 1.82) is 0 Å². The molecule has 0 fully saturated rings. The van der Waals surface area contributed by atoms with Gasteiger partial charge in [0.15, 0.2) is 6.61 Å². The number of hydrogen-bond acceptors (Lipinski definition) is 6. The number of halogens is 6. The molecule has 0 bridgehead atoms. The van der Waals surface area contributed by atoms with Crippen molar-refractivity contribution < 1.29 is 31.5 Å². The molecule has 0 aliphatic rings. The van der Waals surface area contributed by atoms with Crippen molar-refractivity contribution in [1.82, 2.24) is 25.1 Å². The predicted octanol–water partition coefficient (Wildman–Crippen LogP) is 7.16. The molecule has 5 rings (SSSR count). The average molecular weight is 620 g/mol. The van der Waals surface area contributed by atoms with Gasteiger partial charge < -0.3 is 19.0 Å². The van der Waals surface area contributed by atoms with Crippen molar-refractivity contribution in [2.24, 2.45) is 0 Å². The maximum Gasteiger partial charge on any atom is 0.422 e. The van der Waals surface area contributed by atoms with Crippen LogP contribution in [0.5, 0.6) is 5.75 Å². The molecule has 0 aliphatic heterocycles. The minimum Gasteiger partial charge on any atom is -0.484 e. The first-order valence-corrected chi connectivity index (χ1v) is 13.0. The zero-order chi connectivity index (χ0) is 29.9. The number of aromatic nitrogens is 4. The number of alkyl halides is 3. The molecule has 14 heteroatoms. The Labute approximate surface area is 245 Å². The summed E-state index contributed by atoms with van der Waals surface area (Å²) < 4.78 is 63.5. The quantitative estimate of drug-likeness (QED) is 0.176. The highest BCUT2D eigenvalue weighted by Crippen LogP contribution is 2.30. The van der Waals surface area contributed by atoms with Crippen LogP contribution in [0, 0.1) is 5.82 Å². The summed E-state index contributed by atoms with van der Waals surface area (Å²) >= 11 is 12.5. The van der Waals surface area contributed by atoms with Gasteiger partial charge >= 0.3 is 6.18 Å². The van der Waals surface area contributed by atoms with Crippen molar-refractivity contribution >= 4 is 29.1 Å². The molecule has 0 unspecified atom stereocenters. The van der Waals surface area contributed by atoms with Gasteiger partial charge in [-0.15, -0.1) is 10.2 Å². The van der Waals surface area contributed by atoms with Crippen LogP contribution in [-0.4, -0.2) is 38.4 Å². The van der Waals surface area contributed by atoms with Crippen LogP contribution in [0.25, 0.3) is 22.9 Å². The minimum atomic E-state index is -4.56. The summed E-state index contributed by atoms with van der Waals surface area (Å²) in [6, 6.07) is 13.9. The van der Waals surface area contributed by atoms with Crippen molar-refractivity contribution in [2.75, 3.05) is 6.61 Å². The zero-order valence-electron chi connectivity index (χ0n) is 21.3. The second kappa shape index (κ2) is 12.2. The highest BCUT2D eigenvalue weighted by molar-refractivity contribution is 6.35. The first-order valence-electron chi connectivity index (χ1n) is 12.2. The molecule has 2 aromatic heterocycles. The third kappa shape index (κ3) is 7.07. The molecule has 1 atom stereocenters. The molecule has 0 radical (unpaired) electrons. The van der Waals surface area contributed by atoms with E-state index in [4.69, 9.17) is 27.6 Å². The second-order valence-electron chi connectivity index (χ2n) is 8.99. The Morgan fingerprint density at radius 1 is 1.02 bits per heavy atom. The highest BCUT2D eigenvalue weighted by Gasteiger charge is 2.28. The van der Waals surface area contributed by atoms with E-state index in [0.29, 0.717) is 33.3 Å². The number of ether oxygens (including phenoxy) is 1. The summed E-state index contributed by atoms with van der Waals surface area (Å²) in [6.07, 6.45) is 0.455. The number of nitrogens with zero attached hydrogens (tertiary/aromatic N) is 4. The van der Waals surface area contributed by atoms with Gasteiger partial charge in [-0.3, -0.25) is 4.79 Å². The molecule has 5 aromatic rings. The van der Waals surface area contributed by atoms with E-state index < -0.39 is 24.6 Å². The van der Waals surface area contributed by atoms with Gasteiger partial charge in [-0.2, -0.15) is 13.2 Å². The van der Waals surface area contributed by atoms with Crippen molar-refractivity contribution in [3.8, 4) is 28.7 Å². The van der Waals surface area contributed by atoms with Crippen molar-refractivity contribution in [2.45, 2.75) is 18.8 Å². The van der Waals surface area contributed by atoms with E-state index in [1.54, 1.807) is 65.8 Å². The van der Waals surface area contributed by atoms with E-state index in [1.807, 2.05) is 0 Å². The number of amides is 1. The maximum atomic E-state index is 14.5. The van der Waals surface area contributed by atoms with Crippen LogP contribution in [0.15, 0.2) is 83.8 Å². The number of benzene rings is 3. The lowest BCUT2D eigenvalue weighted by molar-refractivity contribution is -0.153. The summed E-state index contributed by atoms with van der Waals surface area (Å²) in [5, 5.41) is 11.6. The molecule has 1 N–H and O–H groups in total. The van der Waals surface area contributed by atoms with Gasteiger partial charge in [0.2, 0.25) is 5.89 Å². The predicted molar refractivity (Wildman–Crippen MR) is 146 cm³/mol. The van der Waals surface area contributed by atoms with Gasteiger partial charge in [0.25, 0.3) is 11.8 Å². The van der Waals surface area contributed by atoms with Crippen LogP contribution in [0.3, 0.4) is 0 Å². The molecule has 216 valence electrons. The zero-order valence-corrected chi connectivity index (χ0v) is 22.8. The fraction of sp³-hybridized carbons (Fsp3) is 0.143. The lowest BCUT2D eigenvalue weighted by Crippen LogP contribution is -2.31. The van der Waals surface area contributed by atoms with E-state index in [2.05, 4.69) is 25.2 Å². The Morgan fingerprint density at radius 2 is 1.79 bits per heavy atom. The average Bonchev–Trinajstić information content (AvgIpc) is 3.64. The summed E-state index contributed by atoms with van der Waals surface area (Å²) in [4.78, 5) is 17.2. The Bertz CT molecular complexity index is 1690. The lowest BCUT2D eigenvalue weighted by atomic mass is 10.1. The summed E-state index contributed by atoms with van der Waals surface area (Å²) in [5.74, 6) is -1.72. The van der Waals surface area contributed by atoms with Gasteiger partial charge in [-0.05, 0) is 54.1 Å². The molecule has 3 aromatic carbocycles. The van der Waals surface area contributed by atoms with Crippen LogP contribution in [0.4, 0.5) is 17.6 Å². The summed E-state index contributed by atoms with van der Waals surface area (Å²) in [5.41, 5.74) is 1.34. The first kappa shape index (κ1) is 29.1. The van der Waals surface area contributed by atoms with Gasteiger partial charge in [0.05, 0.1) is 17.9 Å². The number of nitrogens with one attached hydrogen (secondary N) is 1. The number of hydrogen-bond donors (Lipinski definition) is 1. The topological polar surface area (TPSA) is 95.1 Å². The van der Waals surface area contributed by atoms with E-state index in [1.165, 1.54) is 12.1 Å². The first-order chi connectivity index (χ1) is 20.1. The van der Waals surface area contributed by atoms with Crippen LogP contribution in [0.2, 0.25) is 10.0 Å². The molecule has 0 saturated carbocycles. The van der Waals surface area contributed by atoms with Gasteiger partial charge in [-0.25, -0.2) is 9.37 Å². The Morgan fingerprint density at radius 3 is 2.45 bits per heavy atom. The van der Waals surface area contributed by atoms with Crippen molar-refractivity contribution in [3.63, 3.8) is 0 Å². The monoisotopic (exact) mass is 619 g/mol. The fourth-order valence-electron chi connectivity index (χ4n) is 3.99. The van der Waals surface area contributed by atoms with Crippen LogP contribution in [-0.2, 0) is 6.54 Å². The van der Waals surface area contributed by atoms with Crippen molar-refractivity contribution in [3.05, 3.63) is 106 Å². The molecule has 42 heavy (non-hydrogen) atoms. The third-order valence-electron chi connectivity index (χ3n) is 5.99. The fourth-order valence-corrected chi connectivity index (χ4v) is 4.53. The molecule has 0 aliphatic carbocycles. The lowest BCUT2D eigenvalue weighted by Gasteiger charge is -2.21. The van der Waals surface area contributed by atoms with E-state index in [0.717, 1.165) is 6.07 Å². The van der Waals surface area contributed by atoms with E-state index in [-0.39, 0.29) is 29.0 Å². The van der Waals surface area contributed by atoms with Gasteiger partial charge in [-0.1, -0.05) is 29.3 Å². The number of carbonyl (C=O) groups is 1.